The molecule has 0 atom stereocenters. The van der Waals surface area contributed by atoms with E-state index < -0.39 is 10.5 Å². The minimum atomic E-state index is -0.769. The number of rotatable bonds is 4. The summed E-state index contributed by atoms with van der Waals surface area (Å²) >= 11 is 5.68. The molecule has 0 saturated heterocycles. The number of anilines is 1. The lowest BCUT2D eigenvalue weighted by molar-refractivity contribution is -0.384. The molecule has 0 fully saturated rings. The Morgan fingerprint density at radius 1 is 1.44 bits per heavy atom. The molecule has 0 aliphatic rings. The normalized spacial score (nSPS) is 11.1. The van der Waals surface area contributed by atoms with Gasteiger partial charge >= 0.3 is 0 Å². The standard InChI is InChI=1S/C11H14ClN3O3/c1-11(2,13-3)10(16)14-7-4-5-8(12)9(6-7)15(17)18/h4-6,13H,1-3H3,(H,14,16). The molecule has 0 aliphatic carbocycles. The Balaban J connectivity index is 2.96. The molecular weight excluding hydrogens is 258 g/mol. The first-order chi connectivity index (χ1) is 8.27. The SMILES string of the molecule is CNC(C)(C)C(=O)Nc1ccc(Cl)c([N+](=O)[O-])c1. The fourth-order valence-corrected chi connectivity index (χ4v) is 1.32. The van der Waals surface area contributed by atoms with E-state index in [1.165, 1.54) is 18.2 Å². The second-order valence-electron chi connectivity index (χ2n) is 4.25. The molecule has 7 heteroatoms. The molecule has 0 aromatic heterocycles. The summed E-state index contributed by atoms with van der Waals surface area (Å²) < 4.78 is 0. The lowest BCUT2D eigenvalue weighted by atomic mass is 10.1. The molecule has 0 unspecified atom stereocenters. The zero-order chi connectivity index (χ0) is 13.9. The Morgan fingerprint density at radius 2 is 2.06 bits per heavy atom. The summed E-state index contributed by atoms with van der Waals surface area (Å²) in [7, 11) is 1.66. The fraction of sp³-hybridized carbons (Fsp3) is 0.364. The van der Waals surface area contributed by atoms with Gasteiger partial charge in [-0.25, -0.2) is 0 Å². The average molecular weight is 272 g/mol. The lowest BCUT2D eigenvalue weighted by Crippen LogP contribution is -2.47. The monoisotopic (exact) mass is 271 g/mol. The van der Waals surface area contributed by atoms with Crippen molar-refractivity contribution in [3.05, 3.63) is 33.3 Å². The van der Waals surface area contributed by atoms with E-state index in [4.69, 9.17) is 11.6 Å². The molecule has 6 nitrogen and oxygen atoms in total. The number of amides is 1. The van der Waals surface area contributed by atoms with Crippen LogP contribution in [0.3, 0.4) is 0 Å². The van der Waals surface area contributed by atoms with Gasteiger partial charge in [0, 0.05) is 11.8 Å². The van der Waals surface area contributed by atoms with Crippen molar-refractivity contribution in [3.63, 3.8) is 0 Å². The Kier molecular flexibility index (Phi) is 4.26. The highest BCUT2D eigenvalue weighted by atomic mass is 35.5. The zero-order valence-corrected chi connectivity index (χ0v) is 11.0. The van der Waals surface area contributed by atoms with Crippen LogP contribution >= 0.6 is 11.6 Å². The van der Waals surface area contributed by atoms with Gasteiger partial charge in [-0.3, -0.25) is 14.9 Å². The highest BCUT2D eigenvalue weighted by molar-refractivity contribution is 6.32. The number of likely N-dealkylation sites (N-methyl/N-ethyl adjacent to an activating group) is 1. The molecule has 0 spiro atoms. The third kappa shape index (κ3) is 3.18. The first kappa shape index (κ1) is 14.4. The van der Waals surface area contributed by atoms with Crippen LogP contribution in [0.4, 0.5) is 11.4 Å². The quantitative estimate of drug-likeness (QED) is 0.649. The molecule has 0 aliphatic heterocycles. The van der Waals surface area contributed by atoms with Crippen LogP contribution in [0, 0.1) is 10.1 Å². The number of nitrogens with zero attached hydrogens (tertiary/aromatic N) is 1. The molecule has 98 valence electrons. The van der Waals surface area contributed by atoms with Gasteiger partial charge in [0.15, 0.2) is 0 Å². The van der Waals surface area contributed by atoms with Gasteiger partial charge in [-0.2, -0.15) is 0 Å². The molecule has 0 heterocycles. The predicted molar refractivity (Wildman–Crippen MR) is 69.9 cm³/mol. The smallest absolute Gasteiger partial charge is 0.289 e. The molecule has 18 heavy (non-hydrogen) atoms. The Bertz CT molecular complexity index is 488. The summed E-state index contributed by atoms with van der Waals surface area (Å²) in [6, 6.07) is 4.12. The van der Waals surface area contributed by atoms with Crippen LogP contribution in [0.15, 0.2) is 18.2 Å². The van der Waals surface area contributed by atoms with Crippen molar-refractivity contribution in [3.8, 4) is 0 Å². The van der Waals surface area contributed by atoms with Crippen LogP contribution in [-0.4, -0.2) is 23.4 Å². The second-order valence-corrected chi connectivity index (χ2v) is 4.66. The Labute approximate surface area is 109 Å². The minimum Gasteiger partial charge on any atom is -0.324 e. The summed E-state index contributed by atoms with van der Waals surface area (Å²) in [5, 5.41) is 16.2. The highest BCUT2D eigenvalue weighted by Gasteiger charge is 2.25. The van der Waals surface area contributed by atoms with Crippen molar-refractivity contribution in [2.24, 2.45) is 0 Å². The van der Waals surface area contributed by atoms with Crippen LogP contribution in [0.2, 0.25) is 5.02 Å². The van der Waals surface area contributed by atoms with Gasteiger partial charge in [-0.15, -0.1) is 0 Å². The van der Waals surface area contributed by atoms with Crippen LogP contribution in [0.25, 0.3) is 0 Å². The van der Waals surface area contributed by atoms with E-state index in [1.54, 1.807) is 20.9 Å². The lowest BCUT2D eigenvalue weighted by Gasteiger charge is -2.22. The molecule has 2 N–H and O–H groups in total. The molecular formula is C11H14ClN3O3. The molecule has 0 radical (unpaired) electrons. The first-order valence-corrected chi connectivity index (χ1v) is 5.60. The second kappa shape index (κ2) is 5.32. The topological polar surface area (TPSA) is 84.3 Å². The number of nitrogens with one attached hydrogen (secondary N) is 2. The van der Waals surface area contributed by atoms with Crippen molar-refractivity contribution in [1.82, 2.24) is 5.32 Å². The number of nitro benzene ring substituents is 1. The van der Waals surface area contributed by atoms with Crippen LogP contribution in [0.5, 0.6) is 0 Å². The summed E-state index contributed by atoms with van der Waals surface area (Å²) in [6.45, 7) is 3.40. The minimum absolute atomic E-state index is 0.0332. The number of nitro groups is 1. The highest BCUT2D eigenvalue weighted by Crippen LogP contribution is 2.27. The zero-order valence-electron chi connectivity index (χ0n) is 10.3. The molecule has 0 bridgehead atoms. The third-order valence-corrected chi connectivity index (χ3v) is 2.91. The van der Waals surface area contributed by atoms with Crippen molar-refractivity contribution < 1.29 is 9.72 Å². The number of carbonyl (C=O) groups excluding carboxylic acids is 1. The van der Waals surface area contributed by atoms with E-state index in [9.17, 15) is 14.9 Å². The fourth-order valence-electron chi connectivity index (χ4n) is 1.13. The van der Waals surface area contributed by atoms with Gasteiger partial charge < -0.3 is 10.6 Å². The van der Waals surface area contributed by atoms with E-state index in [2.05, 4.69) is 10.6 Å². The van der Waals surface area contributed by atoms with Gasteiger partial charge in [-0.05, 0) is 33.0 Å². The van der Waals surface area contributed by atoms with Crippen LogP contribution in [0.1, 0.15) is 13.8 Å². The molecule has 1 aromatic carbocycles. The van der Waals surface area contributed by atoms with Gasteiger partial charge in [0.2, 0.25) is 5.91 Å². The van der Waals surface area contributed by atoms with Crippen molar-refractivity contribution >= 4 is 28.9 Å². The summed E-state index contributed by atoms with van der Waals surface area (Å²) in [5.74, 6) is -0.290. The average Bonchev–Trinajstić information content (AvgIpc) is 2.31. The number of benzene rings is 1. The Hall–Kier alpha value is -1.66. The van der Waals surface area contributed by atoms with Crippen LogP contribution in [-0.2, 0) is 4.79 Å². The maximum Gasteiger partial charge on any atom is 0.289 e. The summed E-state index contributed by atoms with van der Waals surface area (Å²) in [5.41, 5.74) is -0.676. The van der Waals surface area contributed by atoms with E-state index in [0.29, 0.717) is 5.69 Å². The molecule has 0 saturated carbocycles. The third-order valence-electron chi connectivity index (χ3n) is 2.59. The number of hydrogen-bond acceptors (Lipinski definition) is 4. The molecule has 1 aromatic rings. The van der Waals surface area contributed by atoms with Gasteiger partial charge in [0.25, 0.3) is 5.69 Å². The van der Waals surface area contributed by atoms with Gasteiger partial charge in [0.1, 0.15) is 5.02 Å². The van der Waals surface area contributed by atoms with Gasteiger partial charge in [-0.1, -0.05) is 11.6 Å². The van der Waals surface area contributed by atoms with E-state index in [0.717, 1.165) is 0 Å². The summed E-state index contributed by atoms with van der Waals surface area (Å²) in [4.78, 5) is 22.0. The summed E-state index contributed by atoms with van der Waals surface area (Å²) in [6.07, 6.45) is 0. The Morgan fingerprint density at radius 3 is 2.56 bits per heavy atom. The van der Waals surface area contributed by atoms with Crippen molar-refractivity contribution in [1.29, 1.82) is 0 Å². The number of halogens is 1. The van der Waals surface area contributed by atoms with Crippen molar-refractivity contribution in [2.45, 2.75) is 19.4 Å². The first-order valence-electron chi connectivity index (χ1n) is 5.22. The number of carbonyl (C=O) groups is 1. The molecule has 1 amide bonds. The van der Waals surface area contributed by atoms with Gasteiger partial charge in [0.05, 0.1) is 10.5 Å². The maximum atomic E-state index is 11.9. The maximum absolute atomic E-state index is 11.9. The van der Waals surface area contributed by atoms with Crippen molar-refractivity contribution in [2.75, 3.05) is 12.4 Å². The van der Waals surface area contributed by atoms with E-state index in [-0.39, 0.29) is 16.6 Å². The van der Waals surface area contributed by atoms with E-state index in [1.807, 2.05) is 0 Å². The number of hydrogen-bond donors (Lipinski definition) is 2. The van der Waals surface area contributed by atoms with Crippen LogP contribution < -0.4 is 10.6 Å². The van der Waals surface area contributed by atoms with E-state index >= 15 is 0 Å². The predicted octanol–water partition coefficient (Wildman–Crippen LogP) is 2.18. The largest absolute Gasteiger partial charge is 0.324 e. The molecule has 1 rings (SSSR count).